The van der Waals surface area contributed by atoms with E-state index in [1.807, 2.05) is 43.3 Å². The SMILES string of the molecule is CCCCNC(=O)C(C)N(Cc1cccc(OC)c1)C(=O)CN(c1ccc(Oc2ccccc2)cc1)S(C)(=O)=O. The summed E-state index contributed by atoms with van der Waals surface area (Å²) in [7, 11) is -2.29. The van der Waals surface area contributed by atoms with Crippen LogP contribution in [-0.2, 0) is 26.2 Å². The van der Waals surface area contributed by atoms with Gasteiger partial charge in [0.2, 0.25) is 21.8 Å². The van der Waals surface area contributed by atoms with Gasteiger partial charge in [0.15, 0.2) is 0 Å². The Morgan fingerprint density at radius 3 is 2.20 bits per heavy atom. The van der Waals surface area contributed by atoms with Crippen molar-refractivity contribution in [2.45, 2.75) is 39.3 Å². The molecule has 0 saturated carbocycles. The quantitative estimate of drug-likeness (QED) is 0.286. The van der Waals surface area contributed by atoms with E-state index in [4.69, 9.17) is 9.47 Å². The Hall–Kier alpha value is -4.05. The minimum atomic E-state index is -3.84. The highest BCUT2D eigenvalue weighted by Crippen LogP contribution is 2.26. The van der Waals surface area contributed by atoms with Crippen LogP contribution in [0.5, 0.6) is 17.2 Å². The predicted octanol–water partition coefficient (Wildman–Crippen LogP) is 4.59. The number of amides is 2. The fourth-order valence-corrected chi connectivity index (χ4v) is 4.85. The number of carbonyl (C=O) groups excluding carboxylic acids is 2. The van der Waals surface area contributed by atoms with Crippen molar-refractivity contribution in [2.75, 3.05) is 30.8 Å². The summed E-state index contributed by atoms with van der Waals surface area (Å²) >= 11 is 0. The number of nitrogens with zero attached hydrogens (tertiary/aromatic N) is 2. The lowest BCUT2D eigenvalue weighted by molar-refractivity contribution is -0.139. The third kappa shape index (κ3) is 8.74. The van der Waals surface area contributed by atoms with Crippen LogP contribution in [0.4, 0.5) is 5.69 Å². The van der Waals surface area contributed by atoms with Crippen molar-refractivity contribution in [1.82, 2.24) is 10.2 Å². The number of hydrogen-bond donors (Lipinski definition) is 1. The second-order valence-electron chi connectivity index (χ2n) is 9.37. The van der Waals surface area contributed by atoms with E-state index in [-0.39, 0.29) is 12.5 Å². The van der Waals surface area contributed by atoms with Crippen LogP contribution in [0.1, 0.15) is 32.3 Å². The molecule has 1 N–H and O–H groups in total. The topological polar surface area (TPSA) is 105 Å². The Labute approximate surface area is 236 Å². The minimum Gasteiger partial charge on any atom is -0.497 e. The lowest BCUT2D eigenvalue weighted by Gasteiger charge is -2.31. The van der Waals surface area contributed by atoms with Gasteiger partial charge in [-0.3, -0.25) is 13.9 Å². The Kier molecular flexibility index (Phi) is 11.0. The molecule has 2 amide bonds. The number of nitrogens with one attached hydrogen (secondary N) is 1. The maximum atomic E-state index is 13.7. The molecule has 1 atom stereocenters. The maximum absolute atomic E-state index is 13.7. The van der Waals surface area contributed by atoms with Crippen LogP contribution in [0.15, 0.2) is 78.9 Å². The number of methoxy groups -OCH3 is 1. The molecule has 10 heteroatoms. The molecule has 3 aromatic carbocycles. The minimum absolute atomic E-state index is 0.0971. The van der Waals surface area contributed by atoms with Crippen molar-refractivity contribution in [3.05, 3.63) is 84.4 Å². The average Bonchev–Trinajstić information content (AvgIpc) is 2.95. The number of sulfonamides is 1. The summed E-state index contributed by atoms with van der Waals surface area (Å²) in [5.74, 6) is 0.950. The normalized spacial score (nSPS) is 11.8. The molecular weight excluding hydrogens is 530 g/mol. The summed E-state index contributed by atoms with van der Waals surface area (Å²) < 4.78 is 37.8. The number of carbonyl (C=O) groups is 2. The Morgan fingerprint density at radius 2 is 1.57 bits per heavy atom. The molecule has 40 heavy (non-hydrogen) atoms. The fourth-order valence-electron chi connectivity index (χ4n) is 4.00. The Morgan fingerprint density at radius 1 is 0.925 bits per heavy atom. The van der Waals surface area contributed by atoms with E-state index in [0.717, 1.165) is 29.0 Å². The van der Waals surface area contributed by atoms with E-state index in [9.17, 15) is 18.0 Å². The van der Waals surface area contributed by atoms with Crippen LogP contribution in [-0.4, -0.2) is 57.6 Å². The molecule has 0 aromatic heterocycles. The van der Waals surface area contributed by atoms with Gasteiger partial charge in [0.1, 0.15) is 29.8 Å². The number of para-hydroxylation sites is 1. The van der Waals surface area contributed by atoms with Gasteiger partial charge in [-0.15, -0.1) is 0 Å². The molecule has 0 aliphatic rings. The molecule has 0 aliphatic heterocycles. The van der Waals surface area contributed by atoms with Gasteiger partial charge in [-0.05, 0) is 67.4 Å². The van der Waals surface area contributed by atoms with Crippen LogP contribution in [0, 0.1) is 0 Å². The lowest BCUT2D eigenvalue weighted by atomic mass is 10.1. The van der Waals surface area contributed by atoms with Gasteiger partial charge in [-0.2, -0.15) is 0 Å². The fraction of sp³-hybridized carbons (Fsp3) is 0.333. The smallest absolute Gasteiger partial charge is 0.244 e. The van der Waals surface area contributed by atoms with Gasteiger partial charge >= 0.3 is 0 Å². The molecule has 0 fully saturated rings. The van der Waals surface area contributed by atoms with Gasteiger partial charge in [0, 0.05) is 13.1 Å². The van der Waals surface area contributed by atoms with Crippen LogP contribution in [0.3, 0.4) is 0 Å². The molecule has 0 spiro atoms. The monoisotopic (exact) mass is 567 g/mol. The highest BCUT2D eigenvalue weighted by molar-refractivity contribution is 7.92. The molecule has 0 bridgehead atoms. The number of unbranched alkanes of at least 4 members (excludes halogenated alkanes) is 1. The second kappa shape index (κ2) is 14.4. The van der Waals surface area contributed by atoms with E-state index in [1.165, 1.54) is 4.90 Å². The molecule has 3 aromatic rings. The van der Waals surface area contributed by atoms with Crippen molar-refractivity contribution in [1.29, 1.82) is 0 Å². The lowest BCUT2D eigenvalue weighted by Crippen LogP contribution is -2.51. The first-order chi connectivity index (χ1) is 19.1. The largest absolute Gasteiger partial charge is 0.497 e. The first-order valence-corrected chi connectivity index (χ1v) is 15.0. The second-order valence-corrected chi connectivity index (χ2v) is 11.3. The summed E-state index contributed by atoms with van der Waals surface area (Å²) in [5.41, 5.74) is 1.05. The number of anilines is 1. The van der Waals surface area contributed by atoms with Crippen molar-refractivity contribution < 1.29 is 27.5 Å². The zero-order chi connectivity index (χ0) is 29.1. The Balaban J connectivity index is 1.85. The number of ether oxygens (including phenoxy) is 2. The molecule has 214 valence electrons. The van der Waals surface area contributed by atoms with Gasteiger partial charge in [-0.25, -0.2) is 8.42 Å². The summed E-state index contributed by atoms with van der Waals surface area (Å²) in [6.45, 7) is 3.77. The van der Waals surface area contributed by atoms with Crippen molar-refractivity contribution in [3.8, 4) is 17.2 Å². The standard InChI is InChI=1S/C30H37N3O6S/c1-5-6-19-31-30(35)23(2)32(21-24-11-10-14-28(20-24)38-3)29(34)22-33(40(4,36)37)25-15-17-27(18-16-25)39-26-12-8-7-9-13-26/h7-18,20,23H,5-6,19,21-22H2,1-4H3,(H,31,35). The predicted molar refractivity (Wildman–Crippen MR) is 156 cm³/mol. The number of benzene rings is 3. The van der Waals surface area contributed by atoms with Crippen LogP contribution < -0.4 is 19.1 Å². The molecule has 0 saturated heterocycles. The molecule has 0 heterocycles. The van der Waals surface area contributed by atoms with E-state index >= 15 is 0 Å². The third-order valence-corrected chi connectivity index (χ3v) is 7.41. The highest BCUT2D eigenvalue weighted by atomic mass is 32.2. The van der Waals surface area contributed by atoms with Gasteiger partial charge in [0.25, 0.3) is 0 Å². The first kappa shape index (κ1) is 30.5. The van der Waals surface area contributed by atoms with Crippen LogP contribution in [0.25, 0.3) is 0 Å². The van der Waals surface area contributed by atoms with Gasteiger partial charge in [0.05, 0.1) is 19.1 Å². The van der Waals surface area contributed by atoms with E-state index in [1.54, 1.807) is 56.5 Å². The van der Waals surface area contributed by atoms with Gasteiger partial charge in [-0.1, -0.05) is 43.7 Å². The summed E-state index contributed by atoms with van der Waals surface area (Å²) in [6.07, 6.45) is 2.77. The highest BCUT2D eigenvalue weighted by Gasteiger charge is 2.30. The van der Waals surface area contributed by atoms with Crippen LogP contribution >= 0.6 is 0 Å². The molecular formula is C30H37N3O6S. The summed E-state index contributed by atoms with van der Waals surface area (Å²) in [4.78, 5) is 28.0. The number of hydrogen-bond acceptors (Lipinski definition) is 6. The maximum Gasteiger partial charge on any atom is 0.244 e. The molecule has 9 nitrogen and oxygen atoms in total. The van der Waals surface area contributed by atoms with Crippen molar-refractivity contribution in [3.63, 3.8) is 0 Å². The summed E-state index contributed by atoms with van der Waals surface area (Å²) in [6, 6.07) is 22.0. The summed E-state index contributed by atoms with van der Waals surface area (Å²) in [5, 5.41) is 2.87. The number of rotatable bonds is 14. The Bertz CT molecular complexity index is 1360. The molecule has 1 unspecified atom stereocenters. The zero-order valence-electron chi connectivity index (χ0n) is 23.4. The van der Waals surface area contributed by atoms with E-state index in [0.29, 0.717) is 29.5 Å². The van der Waals surface area contributed by atoms with E-state index in [2.05, 4.69) is 5.32 Å². The van der Waals surface area contributed by atoms with Crippen LogP contribution in [0.2, 0.25) is 0 Å². The van der Waals surface area contributed by atoms with Crippen molar-refractivity contribution >= 4 is 27.5 Å². The average molecular weight is 568 g/mol. The first-order valence-electron chi connectivity index (χ1n) is 13.1. The molecule has 3 rings (SSSR count). The van der Waals surface area contributed by atoms with Gasteiger partial charge < -0.3 is 19.7 Å². The third-order valence-electron chi connectivity index (χ3n) is 6.27. The molecule has 0 aliphatic carbocycles. The van der Waals surface area contributed by atoms with E-state index < -0.39 is 28.5 Å². The molecule has 0 radical (unpaired) electrons. The zero-order valence-corrected chi connectivity index (χ0v) is 24.2. The van der Waals surface area contributed by atoms with Crippen molar-refractivity contribution in [2.24, 2.45) is 0 Å².